The maximum absolute atomic E-state index is 10.0. The summed E-state index contributed by atoms with van der Waals surface area (Å²) in [6.07, 6.45) is 0. The van der Waals surface area contributed by atoms with Gasteiger partial charge in [0, 0.05) is 16.7 Å². The minimum atomic E-state index is -0.259. The van der Waals surface area contributed by atoms with Crippen LogP contribution in [0.25, 0.3) is 11.1 Å². The summed E-state index contributed by atoms with van der Waals surface area (Å²) in [6.45, 7) is 0. The van der Waals surface area contributed by atoms with Gasteiger partial charge >= 0.3 is 0 Å². The maximum Gasteiger partial charge on any atom is 0.124 e. The summed E-state index contributed by atoms with van der Waals surface area (Å²) in [4.78, 5) is 0. The van der Waals surface area contributed by atoms with Gasteiger partial charge < -0.3 is 16.6 Å². The van der Waals surface area contributed by atoms with Crippen molar-refractivity contribution in [2.24, 2.45) is 11.5 Å². The van der Waals surface area contributed by atoms with Gasteiger partial charge in [0.1, 0.15) is 17.4 Å². The molecule has 2 aromatic rings. The quantitative estimate of drug-likeness (QED) is 0.335. The number of phenolic OH excluding ortho intramolecular Hbond substituents is 1. The van der Waals surface area contributed by atoms with Crippen molar-refractivity contribution in [3.63, 3.8) is 0 Å². The third-order valence-electron chi connectivity index (χ3n) is 3.02. The summed E-state index contributed by atoms with van der Waals surface area (Å²) in [7, 11) is 0. The normalized spacial score (nSPS) is 11.6. The van der Waals surface area contributed by atoms with Gasteiger partial charge in [0.25, 0.3) is 0 Å². The van der Waals surface area contributed by atoms with Crippen LogP contribution >= 0.6 is 0 Å². The second-order valence-corrected chi connectivity index (χ2v) is 4.46. The van der Waals surface area contributed by atoms with E-state index in [4.69, 9.17) is 22.3 Å². The molecule has 0 aliphatic carbocycles. The first-order chi connectivity index (χ1) is 10.0. The fourth-order valence-electron chi connectivity index (χ4n) is 2.14. The van der Waals surface area contributed by atoms with E-state index in [-0.39, 0.29) is 23.0 Å². The molecule has 0 heterocycles. The van der Waals surface area contributed by atoms with E-state index in [0.29, 0.717) is 16.7 Å². The molecule has 0 saturated heterocycles. The number of para-hydroxylation sites is 1. The maximum atomic E-state index is 10.0. The number of amidine groups is 2. The van der Waals surface area contributed by atoms with Gasteiger partial charge in [-0.15, -0.1) is 0 Å². The Hall–Kier alpha value is -3.08. The smallest absolute Gasteiger partial charge is 0.124 e. The molecule has 106 valence electrons. The highest BCUT2D eigenvalue weighted by Gasteiger charge is 2.19. The molecule has 0 bridgehead atoms. The van der Waals surface area contributed by atoms with Crippen LogP contribution in [0.1, 0.15) is 11.1 Å². The standard InChI is InChI=1S/C16H16N4O/c17-15(18)13(10-6-2-1-3-7-10)14(16(19)20)11-8-4-5-9-12(11)21/h1-9,21H,(H3,17,18)(H3,19,20). The molecule has 0 aliphatic rings. The first-order valence-corrected chi connectivity index (χ1v) is 6.29. The van der Waals surface area contributed by atoms with Crippen LogP contribution in [-0.4, -0.2) is 16.8 Å². The van der Waals surface area contributed by atoms with Crippen molar-refractivity contribution in [3.05, 3.63) is 65.7 Å². The number of nitrogens with two attached hydrogens (primary N) is 2. The van der Waals surface area contributed by atoms with E-state index < -0.39 is 0 Å². The Labute approximate surface area is 122 Å². The van der Waals surface area contributed by atoms with Gasteiger partial charge in [0.05, 0.1) is 0 Å². The average molecular weight is 280 g/mol. The second kappa shape index (κ2) is 5.92. The number of hydrogen-bond donors (Lipinski definition) is 5. The molecule has 0 atom stereocenters. The molecular weight excluding hydrogens is 264 g/mol. The van der Waals surface area contributed by atoms with E-state index in [1.165, 1.54) is 6.07 Å². The van der Waals surface area contributed by atoms with Crippen LogP contribution in [-0.2, 0) is 0 Å². The van der Waals surface area contributed by atoms with Gasteiger partial charge in [-0.3, -0.25) is 10.8 Å². The van der Waals surface area contributed by atoms with Crippen molar-refractivity contribution < 1.29 is 5.11 Å². The topological polar surface area (TPSA) is 120 Å². The lowest BCUT2D eigenvalue weighted by molar-refractivity contribution is 0.474. The first kappa shape index (κ1) is 14.3. The monoisotopic (exact) mass is 280 g/mol. The van der Waals surface area contributed by atoms with Gasteiger partial charge in [-0.1, -0.05) is 48.5 Å². The Morgan fingerprint density at radius 3 is 1.81 bits per heavy atom. The van der Waals surface area contributed by atoms with Gasteiger partial charge in [0.2, 0.25) is 0 Å². The van der Waals surface area contributed by atoms with Crippen molar-refractivity contribution in [3.8, 4) is 5.75 Å². The van der Waals surface area contributed by atoms with E-state index in [1.54, 1.807) is 42.5 Å². The zero-order chi connectivity index (χ0) is 15.4. The molecule has 2 rings (SSSR count). The molecule has 0 fully saturated rings. The Kier molecular flexibility index (Phi) is 4.04. The molecule has 2 aromatic carbocycles. The number of benzene rings is 2. The van der Waals surface area contributed by atoms with Gasteiger partial charge in [-0.2, -0.15) is 0 Å². The molecule has 0 radical (unpaired) electrons. The number of rotatable bonds is 4. The van der Waals surface area contributed by atoms with Crippen molar-refractivity contribution in [2.45, 2.75) is 0 Å². The molecule has 7 N–H and O–H groups in total. The van der Waals surface area contributed by atoms with Crippen LogP contribution in [0.5, 0.6) is 5.75 Å². The van der Waals surface area contributed by atoms with E-state index >= 15 is 0 Å². The average Bonchev–Trinajstić information content (AvgIpc) is 2.46. The zero-order valence-electron chi connectivity index (χ0n) is 11.3. The van der Waals surface area contributed by atoms with Crippen molar-refractivity contribution in [1.82, 2.24) is 0 Å². The van der Waals surface area contributed by atoms with Crippen molar-refractivity contribution in [1.29, 1.82) is 10.8 Å². The molecule has 0 aromatic heterocycles. The Balaban J connectivity index is 2.81. The summed E-state index contributed by atoms with van der Waals surface area (Å²) < 4.78 is 0. The highest BCUT2D eigenvalue weighted by molar-refractivity contribution is 6.40. The molecule has 0 saturated carbocycles. The summed E-state index contributed by atoms with van der Waals surface area (Å²) >= 11 is 0. The number of phenols is 1. The first-order valence-electron chi connectivity index (χ1n) is 6.29. The second-order valence-electron chi connectivity index (χ2n) is 4.46. The SMILES string of the molecule is N=C(N)C(=C(C(=N)N)c1ccccc1O)c1ccccc1. The van der Waals surface area contributed by atoms with E-state index in [0.717, 1.165) is 0 Å². The van der Waals surface area contributed by atoms with Crippen LogP contribution in [0, 0.1) is 10.8 Å². The third-order valence-corrected chi connectivity index (χ3v) is 3.02. The van der Waals surface area contributed by atoms with Gasteiger partial charge in [-0.25, -0.2) is 0 Å². The molecule has 0 aliphatic heterocycles. The van der Waals surface area contributed by atoms with E-state index in [1.807, 2.05) is 6.07 Å². The predicted octanol–water partition coefficient (Wildman–Crippen LogP) is 2.17. The minimum absolute atomic E-state index is 0.0163. The minimum Gasteiger partial charge on any atom is -0.507 e. The lowest BCUT2D eigenvalue weighted by Crippen LogP contribution is -2.20. The molecule has 0 spiro atoms. The molecular formula is C16H16N4O. The predicted molar refractivity (Wildman–Crippen MR) is 85.2 cm³/mol. The lowest BCUT2D eigenvalue weighted by Gasteiger charge is -2.15. The van der Waals surface area contributed by atoms with Crippen LogP contribution in [0.2, 0.25) is 0 Å². The fourth-order valence-corrected chi connectivity index (χ4v) is 2.14. The largest absolute Gasteiger partial charge is 0.507 e. The molecule has 5 nitrogen and oxygen atoms in total. The molecule has 0 unspecified atom stereocenters. The lowest BCUT2D eigenvalue weighted by atomic mass is 9.92. The van der Waals surface area contributed by atoms with Crippen molar-refractivity contribution >= 4 is 22.8 Å². The third kappa shape index (κ3) is 2.92. The van der Waals surface area contributed by atoms with Gasteiger partial charge in [-0.05, 0) is 11.6 Å². The van der Waals surface area contributed by atoms with Crippen LogP contribution < -0.4 is 11.5 Å². The van der Waals surface area contributed by atoms with Crippen molar-refractivity contribution in [2.75, 3.05) is 0 Å². The summed E-state index contributed by atoms with van der Waals surface area (Å²) in [5.41, 5.74) is 13.0. The van der Waals surface area contributed by atoms with Crippen LogP contribution in [0.3, 0.4) is 0 Å². The molecule has 5 heteroatoms. The number of aromatic hydroxyl groups is 1. The Bertz CT molecular complexity index is 720. The Morgan fingerprint density at radius 1 is 0.762 bits per heavy atom. The summed E-state index contributed by atoms with van der Waals surface area (Å²) in [5.74, 6) is -0.488. The summed E-state index contributed by atoms with van der Waals surface area (Å²) in [6, 6.07) is 15.5. The molecule has 0 amide bonds. The summed E-state index contributed by atoms with van der Waals surface area (Å²) in [5, 5.41) is 25.6. The zero-order valence-corrected chi connectivity index (χ0v) is 11.3. The van der Waals surface area contributed by atoms with Gasteiger partial charge in [0.15, 0.2) is 0 Å². The Morgan fingerprint density at radius 2 is 1.29 bits per heavy atom. The number of nitrogens with one attached hydrogen (secondary N) is 2. The number of hydrogen-bond acceptors (Lipinski definition) is 3. The molecule has 21 heavy (non-hydrogen) atoms. The fraction of sp³-hybridized carbons (Fsp3) is 0. The highest BCUT2D eigenvalue weighted by atomic mass is 16.3. The van der Waals surface area contributed by atoms with E-state index in [9.17, 15) is 5.11 Å². The van der Waals surface area contributed by atoms with Crippen LogP contribution in [0.4, 0.5) is 0 Å². The highest BCUT2D eigenvalue weighted by Crippen LogP contribution is 2.31. The van der Waals surface area contributed by atoms with E-state index in [2.05, 4.69) is 0 Å². The van der Waals surface area contributed by atoms with Crippen LogP contribution in [0.15, 0.2) is 54.6 Å².